The number of aryl methyl sites for hydroxylation is 1. The molecule has 30 heavy (non-hydrogen) atoms. The Morgan fingerprint density at radius 2 is 1.57 bits per heavy atom. The molecule has 0 saturated carbocycles. The van der Waals surface area contributed by atoms with E-state index in [1.54, 1.807) is 18.2 Å². The van der Waals surface area contributed by atoms with E-state index in [0.29, 0.717) is 17.2 Å². The largest absolute Gasteiger partial charge is 0.497 e. The zero-order chi connectivity index (χ0) is 22.3. The van der Waals surface area contributed by atoms with Gasteiger partial charge in [-0.1, -0.05) is 17.7 Å². The van der Waals surface area contributed by atoms with E-state index in [1.165, 1.54) is 45.2 Å². The van der Waals surface area contributed by atoms with E-state index < -0.39 is 18.0 Å². The maximum atomic E-state index is 12.5. The fourth-order valence-electron chi connectivity index (χ4n) is 2.65. The Bertz CT molecular complexity index is 888. The molecular formula is C22H26N2O6. The number of hydrogen-bond acceptors (Lipinski definition) is 6. The summed E-state index contributed by atoms with van der Waals surface area (Å²) >= 11 is 0. The molecule has 160 valence electrons. The van der Waals surface area contributed by atoms with Crippen molar-refractivity contribution in [3.63, 3.8) is 0 Å². The first-order chi connectivity index (χ1) is 14.2. The molecule has 0 spiro atoms. The van der Waals surface area contributed by atoms with Crippen LogP contribution in [0.3, 0.4) is 0 Å². The van der Waals surface area contributed by atoms with Crippen LogP contribution in [0.5, 0.6) is 11.5 Å². The van der Waals surface area contributed by atoms with Gasteiger partial charge in [-0.15, -0.1) is 0 Å². The van der Waals surface area contributed by atoms with E-state index in [2.05, 4.69) is 5.32 Å². The van der Waals surface area contributed by atoms with Crippen molar-refractivity contribution in [3.8, 4) is 11.5 Å². The quantitative estimate of drug-likeness (QED) is 0.668. The van der Waals surface area contributed by atoms with Crippen LogP contribution in [0.25, 0.3) is 0 Å². The molecule has 0 heterocycles. The number of methoxy groups -OCH3 is 2. The summed E-state index contributed by atoms with van der Waals surface area (Å²) in [4.78, 5) is 38.3. The summed E-state index contributed by atoms with van der Waals surface area (Å²) in [5.74, 6) is -0.719. The fraction of sp³-hybridized carbons (Fsp3) is 0.318. The number of esters is 1. The monoisotopic (exact) mass is 414 g/mol. The molecule has 0 unspecified atom stereocenters. The summed E-state index contributed by atoms with van der Waals surface area (Å²) in [5.41, 5.74) is 1.90. The normalized spacial score (nSPS) is 11.2. The summed E-state index contributed by atoms with van der Waals surface area (Å²) in [6.45, 7) is 3.22. The predicted octanol–water partition coefficient (Wildman–Crippen LogP) is 2.65. The molecule has 8 nitrogen and oxygen atoms in total. The van der Waals surface area contributed by atoms with Crippen molar-refractivity contribution in [2.75, 3.05) is 33.1 Å². The number of benzene rings is 2. The first kappa shape index (κ1) is 22.7. The van der Waals surface area contributed by atoms with Crippen LogP contribution in [0, 0.1) is 6.92 Å². The molecule has 0 saturated heterocycles. The maximum absolute atomic E-state index is 12.5. The number of hydrogen-bond donors (Lipinski definition) is 1. The van der Waals surface area contributed by atoms with Crippen molar-refractivity contribution >= 4 is 23.5 Å². The summed E-state index contributed by atoms with van der Waals surface area (Å²) in [6.07, 6.45) is -1.08. The summed E-state index contributed by atoms with van der Waals surface area (Å²) in [7, 11) is 4.40. The molecule has 0 aromatic heterocycles. The number of amides is 2. The molecule has 2 rings (SSSR count). The van der Waals surface area contributed by atoms with Crippen LogP contribution < -0.4 is 14.8 Å². The molecule has 2 amide bonds. The molecule has 2 aromatic carbocycles. The van der Waals surface area contributed by atoms with Gasteiger partial charge in [0.1, 0.15) is 11.5 Å². The molecule has 0 fully saturated rings. The van der Waals surface area contributed by atoms with Crippen LogP contribution in [0.4, 0.5) is 5.69 Å². The highest BCUT2D eigenvalue weighted by Gasteiger charge is 2.24. The molecular weight excluding hydrogens is 388 g/mol. The fourth-order valence-corrected chi connectivity index (χ4v) is 2.65. The van der Waals surface area contributed by atoms with E-state index in [9.17, 15) is 14.4 Å². The number of anilines is 1. The minimum atomic E-state index is -1.08. The molecule has 2 aromatic rings. The molecule has 0 aliphatic heterocycles. The first-order valence-electron chi connectivity index (χ1n) is 9.29. The van der Waals surface area contributed by atoms with Gasteiger partial charge in [0.2, 0.25) is 5.91 Å². The van der Waals surface area contributed by atoms with Gasteiger partial charge in [0.15, 0.2) is 6.10 Å². The van der Waals surface area contributed by atoms with Gasteiger partial charge >= 0.3 is 5.97 Å². The Morgan fingerprint density at radius 1 is 1.00 bits per heavy atom. The van der Waals surface area contributed by atoms with Crippen molar-refractivity contribution in [1.29, 1.82) is 0 Å². The van der Waals surface area contributed by atoms with Crippen molar-refractivity contribution in [2.45, 2.75) is 20.0 Å². The smallest absolute Gasteiger partial charge is 0.339 e. The van der Waals surface area contributed by atoms with Gasteiger partial charge < -0.3 is 24.4 Å². The first-order valence-corrected chi connectivity index (χ1v) is 9.29. The van der Waals surface area contributed by atoms with Crippen molar-refractivity contribution in [3.05, 3.63) is 53.6 Å². The van der Waals surface area contributed by atoms with E-state index >= 15 is 0 Å². The summed E-state index contributed by atoms with van der Waals surface area (Å²) < 4.78 is 15.5. The zero-order valence-electron chi connectivity index (χ0n) is 17.7. The predicted molar refractivity (Wildman–Crippen MR) is 112 cm³/mol. The number of rotatable bonds is 8. The number of nitrogens with zero attached hydrogens (tertiary/aromatic N) is 1. The van der Waals surface area contributed by atoms with E-state index in [-0.39, 0.29) is 18.0 Å². The van der Waals surface area contributed by atoms with Crippen molar-refractivity contribution < 1.29 is 28.6 Å². The second-order valence-corrected chi connectivity index (χ2v) is 6.76. The highest BCUT2D eigenvalue weighted by molar-refractivity contribution is 5.96. The molecule has 1 atom stereocenters. The van der Waals surface area contributed by atoms with Gasteiger partial charge in [0.05, 0.1) is 26.3 Å². The molecule has 1 N–H and O–H groups in total. The summed E-state index contributed by atoms with van der Waals surface area (Å²) in [6, 6.07) is 11.9. The average molecular weight is 414 g/mol. The van der Waals surface area contributed by atoms with Crippen LogP contribution in [0.2, 0.25) is 0 Å². The zero-order valence-corrected chi connectivity index (χ0v) is 17.7. The number of ether oxygens (including phenoxy) is 3. The maximum Gasteiger partial charge on any atom is 0.339 e. The van der Waals surface area contributed by atoms with Crippen LogP contribution in [-0.4, -0.2) is 56.6 Å². The van der Waals surface area contributed by atoms with Gasteiger partial charge in [0.25, 0.3) is 5.91 Å². The Labute approximate surface area is 175 Å². The van der Waals surface area contributed by atoms with Crippen molar-refractivity contribution in [2.24, 2.45) is 0 Å². The van der Waals surface area contributed by atoms with Gasteiger partial charge in [-0.2, -0.15) is 0 Å². The van der Waals surface area contributed by atoms with E-state index in [4.69, 9.17) is 14.2 Å². The number of carbonyl (C=O) groups excluding carboxylic acids is 3. The lowest BCUT2D eigenvalue weighted by Crippen LogP contribution is -2.41. The number of nitrogens with one attached hydrogen (secondary N) is 1. The van der Waals surface area contributed by atoms with E-state index in [1.807, 2.05) is 19.1 Å². The third-order valence-electron chi connectivity index (χ3n) is 4.31. The number of carbonyl (C=O) groups is 3. The average Bonchev–Trinajstić information content (AvgIpc) is 2.74. The molecule has 8 heteroatoms. The van der Waals surface area contributed by atoms with Gasteiger partial charge in [-0.05, 0) is 38.1 Å². The Kier molecular flexibility index (Phi) is 7.80. The molecule has 0 aliphatic rings. The topological polar surface area (TPSA) is 94.2 Å². The lowest BCUT2D eigenvalue weighted by atomic mass is 10.2. The number of likely N-dealkylation sites (N-methyl/N-ethyl adjacent to an activating group) is 1. The Morgan fingerprint density at radius 3 is 2.10 bits per heavy atom. The second kappa shape index (κ2) is 10.3. The molecule has 0 aliphatic carbocycles. The van der Waals surface area contributed by atoms with E-state index in [0.717, 1.165) is 5.56 Å². The summed E-state index contributed by atoms with van der Waals surface area (Å²) in [5, 5.41) is 2.72. The minimum absolute atomic E-state index is 0.179. The van der Waals surface area contributed by atoms with Gasteiger partial charge in [-0.3, -0.25) is 9.59 Å². The van der Waals surface area contributed by atoms with Crippen LogP contribution in [0.1, 0.15) is 22.8 Å². The highest BCUT2D eigenvalue weighted by atomic mass is 16.5. The van der Waals surface area contributed by atoms with Crippen LogP contribution >= 0.6 is 0 Å². The SMILES string of the molecule is COc1cc(OC)cc(C(=O)O[C@H](C)C(=O)N(C)CC(=O)Nc2ccc(C)cc2)c1. The second-order valence-electron chi connectivity index (χ2n) is 6.76. The standard InChI is InChI=1S/C22H26N2O6/c1-14-6-8-17(9-7-14)23-20(25)13-24(3)21(26)15(2)30-22(27)16-10-18(28-4)12-19(11-16)29-5/h6-12,15H,13H2,1-5H3,(H,23,25)/t15-/m1/s1. The third kappa shape index (κ3) is 6.23. The lowest BCUT2D eigenvalue weighted by Gasteiger charge is -2.21. The van der Waals surface area contributed by atoms with Crippen LogP contribution in [-0.2, 0) is 14.3 Å². The van der Waals surface area contributed by atoms with Crippen LogP contribution in [0.15, 0.2) is 42.5 Å². The third-order valence-corrected chi connectivity index (χ3v) is 4.31. The Hall–Kier alpha value is -3.55. The Balaban J connectivity index is 1.94. The minimum Gasteiger partial charge on any atom is -0.497 e. The molecule has 0 radical (unpaired) electrons. The lowest BCUT2D eigenvalue weighted by molar-refractivity contribution is -0.140. The molecule has 0 bridgehead atoms. The van der Waals surface area contributed by atoms with Crippen molar-refractivity contribution in [1.82, 2.24) is 4.90 Å². The highest BCUT2D eigenvalue weighted by Crippen LogP contribution is 2.23. The van der Waals surface area contributed by atoms with Gasteiger partial charge in [0, 0.05) is 18.8 Å². The van der Waals surface area contributed by atoms with Gasteiger partial charge in [-0.25, -0.2) is 4.79 Å².